The van der Waals surface area contributed by atoms with Crippen LogP contribution in [0.3, 0.4) is 0 Å². The van der Waals surface area contributed by atoms with Crippen LogP contribution in [0.15, 0.2) is 0 Å². The van der Waals surface area contributed by atoms with E-state index in [1.54, 1.807) is 0 Å². The molecular weight excluding hydrogens is 266 g/mol. The van der Waals surface area contributed by atoms with Gasteiger partial charge in [-0.25, -0.2) is 9.97 Å². The normalized spacial score (nSPS) is 15.9. The van der Waals surface area contributed by atoms with Gasteiger partial charge in [0.1, 0.15) is 5.82 Å². The maximum atomic E-state index is 4.70. The molecule has 0 amide bonds. The largest absolute Gasteiger partial charge is 0.313 e. The smallest absolute Gasteiger partial charge is 0.138 e. The Morgan fingerprint density at radius 2 is 1.80 bits per heavy atom. The molecule has 1 fully saturated rings. The summed E-state index contributed by atoms with van der Waals surface area (Å²) in [5.41, 5.74) is 3.55. The van der Waals surface area contributed by atoms with E-state index in [-0.39, 0.29) is 0 Å². The van der Waals surface area contributed by atoms with Gasteiger partial charge in [-0.2, -0.15) is 11.8 Å². The molecule has 1 N–H and O–H groups in total. The van der Waals surface area contributed by atoms with Gasteiger partial charge >= 0.3 is 0 Å². The van der Waals surface area contributed by atoms with Crippen molar-refractivity contribution >= 4 is 11.8 Å². The molecule has 1 aromatic rings. The molecule has 4 heteroatoms. The van der Waals surface area contributed by atoms with Crippen molar-refractivity contribution in [2.24, 2.45) is 0 Å². The Morgan fingerprint density at radius 3 is 2.40 bits per heavy atom. The van der Waals surface area contributed by atoms with Gasteiger partial charge in [-0.05, 0) is 39.7 Å². The van der Waals surface area contributed by atoms with Crippen LogP contribution in [-0.4, -0.2) is 21.8 Å². The summed E-state index contributed by atoms with van der Waals surface area (Å²) in [6, 6.07) is 0. The summed E-state index contributed by atoms with van der Waals surface area (Å²) in [5, 5.41) is 4.28. The van der Waals surface area contributed by atoms with Gasteiger partial charge in [0, 0.05) is 28.7 Å². The lowest BCUT2D eigenvalue weighted by Gasteiger charge is -2.13. The van der Waals surface area contributed by atoms with Gasteiger partial charge in [-0.3, -0.25) is 0 Å². The second kappa shape index (κ2) is 7.99. The molecule has 0 atom stereocenters. The van der Waals surface area contributed by atoms with Gasteiger partial charge in [-0.1, -0.05) is 19.8 Å². The van der Waals surface area contributed by atoms with Crippen molar-refractivity contribution in [3.05, 3.63) is 22.8 Å². The molecule has 1 aliphatic rings. The minimum absolute atomic E-state index is 0.838. The van der Waals surface area contributed by atoms with Gasteiger partial charge < -0.3 is 5.32 Å². The lowest BCUT2D eigenvalue weighted by atomic mass is 10.1. The van der Waals surface area contributed by atoms with Gasteiger partial charge in [0.25, 0.3) is 0 Å². The highest BCUT2D eigenvalue weighted by molar-refractivity contribution is 7.99. The molecule has 112 valence electrons. The van der Waals surface area contributed by atoms with Gasteiger partial charge in [0.15, 0.2) is 0 Å². The average Bonchev–Trinajstić information content (AvgIpc) is 2.93. The molecule has 3 nitrogen and oxygen atoms in total. The molecule has 0 saturated heterocycles. The van der Waals surface area contributed by atoms with E-state index in [0.29, 0.717) is 0 Å². The highest BCUT2D eigenvalue weighted by Gasteiger charge is 2.16. The fraction of sp³-hybridized carbons (Fsp3) is 0.750. The second-order valence-corrected chi connectivity index (χ2v) is 6.97. The summed E-state index contributed by atoms with van der Waals surface area (Å²) in [5.74, 6) is 1.98. The number of nitrogens with one attached hydrogen (secondary N) is 1. The summed E-state index contributed by atoms with van der Waals surface area (Å²) >= 11 is 2.04. The van der Waals surface area contributed by atoms with E-state index < -0.39 is 0 Å². The van der Waals surface area contributed by atoms with Crippen molar-refractivity contribution in [3.8, 4) is 0 Å². The van der Waals surface area contributed by atoms with E-state index in [0.717, 1.165) is 47.7 Å². The zero-order valence-electron chi connectivity index (χ0n) is 13.0. The highest BCUT2D eigenvalue weighted by Crippen LogP contribution is 2.31. The van der Waals surface area contributed by atoms with Crippen molar-refractivity contribution in [3.63, 3.8) is 0 Å². The standard InChI is InChI=1S/C16H27N3S/c1-4-9-17-10-15-12(2)18-16(19-13(15)3)11-20-14-7-5-6-8-14/h14,17H,4-11H2,1-3H3. The van der Waals surface area contributed by atoms with Crippen molar-refractivity contribution < 1.29 is 0 Å². The molecule has 1 heterocycles. The number of aryl methyl sites for hydroxylation is 2. The Kier molecular flexibility index (Phi) is 6.30. The quantitative estimate of drug-likeness (QED) is 0.777. The first-order chi connectivity index (χ1) is 9.70. The second-order valence-electron chi connectivity index (χ2n) is 5.68. The Hall–Kier alpha value is -0.610. The molecular formula is C16H27N3S. The molecule has 1 saturated carbocycles. The predicted octanol–water partition coefficient (Wildman–Crippen LogP) is 3.77. The maximum Gasteiger partial charge on any atom is 0.138 e. The van der Waals surface area contributed by atoms with E-state index >= 15 is 0 Å². The SMILES string of the molecule is CCCNCc1c(C)nc(CSC2CCCC2)nc1C. The van der Waals surface area contributed by atoms with Crippen LogP contribution in [0.1, 0.15) is 61.8 Å². The van der Waals surface area contributed by atoms with Gasteiger partial charge in [0.05, 0.1) is 5.75 Å². The number of aromatic nitrogens is 2. The summed E-state index contributed by atoms with van der Waals surface area (Å²) in [6.07, 6.45) is 6.72. The monoisotopic (exact) mass is 293 g/mol. The van der Waals surface area contributed by atoms with Gasteiger partial charge in [-0.15, -0.1) is 0 Å². The van der Waals surface area contributed by atoms with Crippen LogP contribution in [-0.2, 0) is 12.3 Å². The fourth-order valence-corrected chi connectivity index (χ4v) is 3.95. The first-order valence-electron chi connectivity index (χ1n) is 7.86. The maximum absolute atomic E-state index is 4.70. The lowest BCUT2D eigenvalue weighted by molar-refractivity contribution is 0.663. The third kappa shape index (κ3) is 4.45. The van der Waals surface area contributed by atoms with Crippen molar-refractivity contribution in [1.82, 2.24) is 15.3 Å². The molecule has 1 aromatic heterocycles. The minimum Gasteiger partial charge on any atom is -0.313 e. The zero-order chi connectivity index (χ0) is 14.4. The van der Waals surface area contributed by atoms with E-state index in [2.05, 4.69) is 26.1 Å². The number of rotatable bonds is 7. The third-order valence-corrected chi connectivity index (χ3v) is 5.31. The summed E-state index contributed by atoms with van der Waals surface area (Å²) in [4.78, 5) is 9.40. The van der Waals surface area contributed by atoms with Crippen LogP contribution in [0, 0.1) is 13.8 Å². The highest BCUT2D eigenvalue weighted by atomic mass is 32.2. The lowest BCUT2D eigenvalue weighted by Crippen LogP contribution is -2.17. The Morgan fingerprint density at radius 1 is 1.15 bits per heavy atom. The molecule has 0 radical (unpaired) electrons. The third-order valence-electron chi connectivity index (χ3n) is 3.95. The molecule has 20 heavy (non-hydrogen) atoms. The minimum atomic E-state index is 0.838. The summed E-state index contributed by atoms with van der Waals surface area (Å²) in [6.45, 7) is 8.36. The van der Waals surface area contributed by atoms with Crippen molar-refractivity contribution in [2.75, 3.05) is 6.54 Å². The van der Waals surface area contributed by atoms with E-state index in [1.807, 2.05) is 11.8 Å². The van der Waals surface area contributed by atoms with Crippen LogP contribution >= 0.6 is 11.8 Å². The Labute approximate surface area is 127 Å². The average molecular weight is 293 g/mol. The van der Waals surface area contributed by atoms with E-state index in [4.69, 9.17) is 9.97 Å². The molecule has 0 unspecified atom stereocenters. The topological polar surface area (TPSA) is 37.8 Å². The zero-order valence-corrected chi connectivity index (χ0v) is 13.9. The first kappa shape index (κ1) is 15.8. The van der Waals surface area contributed by atoms with Crippen molar-refractivity contribution in [1.29, 1.82) is 0 Å². The summed E-state index contributed by atoms with van der Waals surface area (Å²) in [7, 11) is 0. The van der Waals surface area contributed by atoms with Crippen LogP contribution < -0.4 is 5.32 Å². The van der Waals surface area contributed by atoms with E-state index in [1.165, 1.54) is 31.2 Å². The Bertz CT molecular complexity index is 405. The van der Waals surface area contributed by atoms with Crippen LogP contribution in [0.25, 0.3) is 0 Å². The predicted molar refractivity (Wildman–Crippen MR) is 87.1 cm³/mol. The van der Waals surface area contributed by atoms with E-state index in [9.17, 15) is 0 Å². The number of hydrogen-bond donors (Lipinski definition) is 1. The molecule has 0 aromatic carbocycles. The van der Waals surface area contributed by atoms with Crippen LogP contribution in [0.2, 0.25) is 0 Å². The number of thioether (sulfide) groups is 1. The number of nitrogens with zero attached hydrogens (tertiary/aromatic N) is 2. The van der Waals surface area contributed by atoms with Crippen molar-refractivity contribution in [2.45, 2.75) is 70.4 Å². The van der Waals surface area contributed by atoms with Crippen LogP contribution in [0.4, 0.5) is 0 Å². The molecule has 1 aliphatic carbocycles. The molecule has 0 spiro atoms. The number of hydrogen-bond acceptors (Lipinski definition) is 4. The molecule has 0 aliphatic heterocycles. The molecule has 2 rings (SSSR count). The van der Waals surface area contributed by atoms with Crippen LogP contribution in [0.5, 0.6) is 0 Å². The van der Waals surface area contributed by atoms with Gasteiger partial charge in [0.2, 0.25) is 0 Å². The first-order valence-corrected chi connectivity index (χ1v) is 8.91. The molecule has 0 bridgehead atoms. The Balaban J connectivity index is 1.93. The fourth-order valence-electron chi connectivity index (χ4n) is 2.77. The summed E-state index contributed by atoms with van der Waals surface area (Å²) < 4.78 is 0.